The van der Waals surface area contributed by atoms with Gasteiger partial charge in [0, 0.05) is 18.1 Å². The Bertz CT molecular complexity index is 589. The molecule has 23 heavy (non-hydrogen) atoms. The normalized spacial score (nSPS) is 13.5. The third-order valence-corrected chi connectivity index (χ3v) is 3.05. The fourth-order valence-electron chi connectivity index (χ4n) is 1.98. The Morgan fingerprint density at radius 3 is 2.17 bits per heavy atom. The standard InChI is InChI=1S/C13H15N2O8/c16-10(17)6-5-8(12(18)19)14-11(13(20)21)7-3-1-2-4-9(7)15(22)23/h1-4,8,11,14-15H,5-6H2,(H,16,17)(H,18,19)(H,20,21)/q-1/t8-,11?/m0/s1. The van der Waals surface area contributed by atoms with Gasteiger partial charge < -0.3 is 31.0 Å². The van der Waals surface area contributed by atoms with Crippen LogP contribution in [0.4, 0.5) is 5.69 Å². The number of benzene rings is 1. The quantitative estimate of drug-likeness (QED) is 0.365. The smallest absolute Gasteiger partial charge is 0.325 e. The summed E-state index contributed by atoms with van der Waals surface area (Å²) >= 11 is 0. The molecule has 0 radical (unpaired) electrons. The van der Waals surface area contributed by atoms with E-state index in [-0.39, 0.29) is 12.0 Å². The summed E-state index contributed by atoms with van der Waals surface area (Å²) in [5.74, 6) is -4.18. The molecule has 0 saturated heterocycles. The van der Waals surface area contributed by atoms with Crippen LogP contribution < -0.4 is 10.5 Å². The topological polar surface area (TPSA) is 174 Å². The van der Waals surface area contributed by atoms with E-state index in [1.165, 1.54) is 18.2 Å². The molecule has 0 aromatic heterocycles. The van der Waals surface area contributed by atoms with Crippen molar-refractivity contribution in [3.8, 4) is 0 Å². The van der Waals surface area contributed by atoms with Crippen molar-refractivity contribution in [3.05, 3.63) is 40.2 Å². The molecule has 1 rings (SSSR count). The van der Waals surface area contributed by atoms with Gasteiger partial charge in [-0.2, -0.15) is 0 Å². The number of rotatable bonds is 9. The Morgan fingerprint density at radius 1 is 1.09 bits per heavy atom. The van der Waals surface area contributed by atoms with Gasteiger partial charge in [-0.1, -0.05) is 18.2 Å². The van der Waals surface area contributed by atoms with Crippen molar-refractivity contribution >= 4 is 23.6 Å². The van der Waals surface area contributed by atoms with E-state index in [4.69, 9.17) is 10.2 Å². The zero-order valence-corrected chi connectivity index (χ0v) is 11.8. The maximum absolute atomic E-state index is 11.4. The number of nitrogens with one attached hydrogen (secondary N) is 2. The molecule has 1 aromatic rings. The summed E-state index contributed by atoms with van der Waals surface area (Å²) < 4.78 is 0. The van der Waals surface area contributed by atoms with E-state index in [9.17, 15) is 29.9 Å². The van der Waals surface area contributed by atoms with E-state index in [0.717, 1.165) is 6.07 Å². The molecule has 0 bridgehead atoms. The fourth-order valence-corrected chi connectivity index (χ4v) is 1.98. The summed E-state index contributed by atoms with van der Waals surface area (Å²) in [5.41, 5.74) is -0.573. The minimum absolute atomic E-state index is 0.179. The number of carboxylic acids is 3. The zero-order chi connectivity index (χ0) is 17.6. The summed E-state index contributed by atoms with van der Waals surface area (Å²) in [5, 5.41) is 49.7. The van der Waals surface area contributed by atoms with Crippen molar-refractivity contribution in [2.45, 2.75) is 24.9 Å². The first kappa shape index (κ1) is 18.5. The molecule has 0 aliphatic rings. The van der Waals surface area contributed by atoms with E-state index >= 15 is 0 Å². The SMILES string of the molecule is O=C(O)CC[C@H](NC(C(=O)O)c1ccccc1[NH+]([O-])[O-])C(=O)O. The Balaban J connectivity index is 3.09. The monoisotopic (exact) mass is 327 g/mol. The van der Waals surface area contributed by atoms with Crippen LogP contribution in [0, 0.1) is 10.4 Å². The van der Waals surface area contributed by atoms with Crippen LogP contribution in [0.2, 0.25) is 0 Å². The maximum Gasteiger partial charge on any atom is 0.325 e. The fraction of sp³-hybridized carbons (Fsp3) is 0.308. The predicted octanol–water partition coefficient (Wildman–Crippen LogP) is -0.768. The average Bonchev–Trinajstić information content (AvgIpc) is 2.46. The van der Waals surface area contributed by atoms with Crippen LogP contribution >= 0.6 is 0 Å². The van der Waals surface area contributed by atoms with Gasteiger partial charge in [-0.15, -0.1) is 0 Å². The highest BCUT2D eigenvalue weighted by atomic mass is 16.8. The van der Waals surface area contributed by atoms with E-state index in [1.54, 1.807) is 0 Å². The van der Waals surface area contributed by atoms with Crippen molar-refractivity contribution in [1.29, 1.82) is 0 Å². The summed E-state index contributed by atoms with van der Waals surface area (Å²) in [6.45, 7) is 0. The molecule has 126 valence electrons. The molecular formula is C13H15N2O8-. The molecule has 0 fully saturated rings. The van der Waals surface area contributed by atoms with Crippen molar-refractivity contribution in [2.75, 3.05) is 0 Å². The lowest BCUT2D eigenvalue weighted by Gasteiger charge is -2.29. The van der Waals surface area contributed by atoms with Crippen molar-refractivity contribution in [1.82, 2.24) is 5.32 Å². The van der Waals surface area contributed by atoms with Gasteiger partial charge in [0.15, 0.2) is 0 Å². The van der Waals surface area contributed by atoms with E-state index in [1.807, 2.05) is 0 Å². The largest absolute Gasteiger partial charge is 0.628 e. The van der Waals surface area contributed by atoms with Crippen molar-refractivity contribution in [2.24, 2.45) is 0 Å². The average molecular weight is 327 g/mol. The molecule has 1 aromatic carbocycles. The minimum Gasteiger partial charge on any atom is -0.628 e. The third-order valence-electron chi connectivity index (χ3n) is 3.05. The Labute approximate surface area is 130 Å². The number of carboxylic acid groups (broad SMARTS) is 3. The number of hydrogen-bond donors (Lipinski definition) is 5. The maximum atomic E-state index is 11.4. The van der Waals surface area contributed by atoms with Crippen LogP contribution in [0.5, 0.6) is 0 Å². The molecule has 10 nitrogen and oxygen atoms in total. The molecule has 1 unspecified atom stereocenters. The van der Waals surface area contributed by atoms with Gasteiger partial charge in [-0.25, -0.2) is 0 Å². The lowest BCUT2D eigenvalue weighted by Crippen LogP contribution is -2.96. The Morgan fingerprint density at radius 2 is 1.70 bits per heavy atom. The second kappa shape index (κ2) is 8.19. The molecule has 0 saturated carbocycles. The van der Waals surface area contributed by atoms with E-state index in [2.05, 4.69) is 5.32 Å². The highest BCUT2D eigenvalue weighted by molar-refractivity contribution is 5.80. The Hall–Kier alpha value is -2.53. The lowest BCUT2D eigenvalue weighted by atomic mass is 10.0. The van der Waals surface area contributed by atoms with Crippen LogP contribution in [-0.2, 0) is 14.4 Å². The summed E-state index contributed by atoms with van der Waals surface area (Å²) in [6.07, 6.45) is -0.847. The molecule has 2 atom stereocenters. The second-order valence-corrected chi connectivity index (χ2v) is 4.64. The van der Waals surface area contributed by atoms with Crippen LogP contribution in [-0.4, -0.2) is 39.3 Å². The van der Waals surface area contributed by atoms with Gasteiger partial charge in [0.05, 0.1) is 0 Å². The van der Waals surface area contributed by atoms with Crippen LogP contribution in [0.25, 0.3) is 0 Å². The molecule has 0 aliphatic heterocycles. The van der Waals surface area contributed by atoms with Gasteiger partial charge >= 0.3 is 17.9 Å². The highest BCUT2D eigenvalue weighted by Crippen LogP contribution is 2.21. The first-order valence-corrected chi connectivity index (χ1v) is 6.47. The number of hydrogen-bond acceptors (Lipinski definition) is 6. The summed E-state index contributed by atoms with van der Waals surface area (Å²) in [7, 11) is 0. The predicted molar refractivity (Wildman–Crippen MR) is 75.6 cm³/mol. The molecule has 5 N–H and O–H groups in total. The first-order chi connectivity index (χ1) is 10.7. The van der Waals surface area contributed by atoms with Crippen LogP contribution in [0.3, 0.4) is 0 Å². The summed E-state index contributed by atoms with van der Waals surface area (Å²) in [6, 6.07) is 2.00. The van der Waals surface area contributed by atoms with Crippen LogP contribution in [0.15, 0.2) is 24.3 Å². The first-order valence-electron chi connectivity index (χ1n) is 6.47. The third kappa shape index (κ3) is 5.30. The van der Waals surface area contributed by atoms with Crippen molar-refractivity contribution < 1.29 is 34.9 Å². The highest BCUT2D eigenvalue weighted by Gasteiger charge is 2.30. The molecule has 0 aliphatic carbocycles. The van der Waals surface area contributed by atoms with E-state index in [0.29, 0.717) is 0 Å². The molecule has 0 spiro atoms. The number of carbonyl (C=O) groups is 3. The lowest BCUT2D eigenvalue weighted by molar-refractivity contribution is -0.715. The molecule has 0 heterocycles. The van der Waals surface area contributed by atoms with Gasteiger partial charge in [-0.05, 0) is 6.42 Å². The second-order valence-electron chi connectivity index (χ2n) is 4.64. The minimum atomic E-state index is -1.64. The number of aliphatic carboxylic acids is 3. The van der Waals surface area contributed by atoms with Crippen LogP contribution in [0.1, 0.15) is 24.4 Å². The van der Waals surface area contributed by atoms with Gasteiger partial charge in [0.1, 0.15) is 17.8 Å². The van der Waals surface area contributed by atoms with E-state index < -0.39 is 47.3 Å². The zero-order valence-electron chi connectivity index (χ0n) is 11.8. The van der Waals surface area contributed by atoms with Crippen molar-refractivity contribution in [3.63, 3.8) is 0 Å². The molecule has 10 heteroatoms. The Kier molecular flexibility index (Phi) is 6.60. The number of quaternary nitrogens is 1. The molecular weight excluding hydrogens is 312 g/mol. The summed E-state index contributed by atoms with van der Waals surface area (Å²) in [4.78, 5) is 33.1. The van der Waals surface area contributed by atoms with Gasteiger partial charge in [0.2, 0.25) is 0 Å². The van der Waals surface area contributed by atoms with Gasteiger partial charge in [0.25, 0.3) is 0 Å². The molecule has 0 amide bonds. The van der Waals surface area contributed by atoms with Gasteiger partial charge in [-0.3, -0.25) is 19.7 Å².